The maximum absolute atomic E-state index is 9.85. The summed E-state index contributed by atoms with van der Waals surface area (Å²) < 4.78 is 0. The number of carboxylic acid groups (broad SMARTS) is 2. The van der Waals surface area contributed by atoms with Crippen LogP contribution in [0.15, 0.2) is 60.7 Å². The highest BCUT2D eigenvalue weighted by Gasteiger charge is 2.14. The van der Waals surface area contributed by atoms with Crippen molar-refractivity contribution in [2.45, 2.75) is 51.2 Å². The molecule has 0 spiro atoms. The molecule has 0 heterocycles. The first-order valence-corrected chi connectivity index (χ1v) is 9.41. The Balaban J connectivity index is 0. The van der Waals surface area contributed by atoms with Gasteiger partial charge in [0.05, 0.1) is 6.42 Å². The average molecular weight is 422 g/mol. The van der Waals surface area contributed by atoms with Crippen LogP contribution in [0.1, 0.15) is 31.4 Å². The van der Waals surface area contributed by atoms with E-state index in [9.17, 15) is 9.59 Å². The first-order valence-electron chi connectivity index (χ1n) is 9.41. The fraction of sp³-hybridized carbons (Fsp3) is 0.364. The third kappa shape index (κ3) is 17.3. The van der Waals surface area contributed by atoms with E-state index in [0.29, 0.717) is 0 Å². The van der Waals surface area contributed by atoms with Crippen LogP contribution in [0.25, 0.3) is 0 Å². The second-order valence-electron chi connectivity index (χ2n) is 6.88. The van der Waals surface area contributed by atoms with Crippen LogP contribution in [0, 0.1) is 0 Å². The Hall–Kier alpha value is -2.78. The van der Waals surface area contributed by atoms with E-state index < -0.39 is 24.4 Å². The molecule has 0 fully saturated rings. The Morgan fingerprint density at radius 1 is 0.767 bits per heavy atom. The van der Waals surface area contributed by atoms with Crippen molar-refractivity contribution in [3.8, 4) is 0 Å². The summed E-state index contributed by atoms with van der Waals surface area (Å²) in [5.74, 6) is -2.50. The summed E-state index contributed by atoms with van der Waals surface area (Å²) >= 11 is 0. The van der Waals surface area contributed by atoms with Crippen LogP contribution in [-0.2, 0) is 22.4 Å². The molecule has 0 aromatic heterocycles. The van der Waals surface area contributed by atoms with Crippen molar-refractivity contribution in [3.05, 3.63) is 71.8 Å². The maximum Gasteiger partial charge on any atom is 0.321 e. The van der Waals surface area contributed by atoms with Gasteiger partial charge in [0.1, 0.15) is 6.04 Å². The number of carbonyl (C=O) groups is 2. The van der Waals surface area contributed by atoms with E-state index in [1.165, 1.54) is 11.1 Å². The first kappa shape index (κ1) is 29.4. The summed E-state index contributed by atoms with van der Waals surface area (Å²) in [4.78, 5) is 19.6. The number of hydrogen-bond acceptors (Lipinski definition) is 5. The van der Waals surface area contributed by atoms with Gasteiger partial charge < -0.3 is 32.9 Å². The minimum Gasteiger partial charge on any atom is -0.481 e. The highest BCUT2D eigenvalue weighted by Crippen LogP contribution is 2.01. The van der Waals surface area contributed by atoms with Gasteiger partial charge in [0, 0.05) is 12.1 Å². The predicted octanol–water partition coefficient (Wildman–Crippen LogP) is 1.20. The molecule has 3 atom stereocenters. The molecule has 0 aliphatic rings. The van der Waals surface area contributed by atoms with Gasteiger partial charge in [-0.05, 0) is 37.8 Å². The molecule has 168 valence electrons. The predicted molar refractivity (Wildman–Crippen MR) is 119 cm³/mol. The summed E-state index contributed by atoms with van der Waals surface area (Å²) in [7, 11) is 0. The number of nitrogens with two attached hydrogens (primary N) is 3. The highest BCUT2D eigenvalue weighted by atomic mass is 16.4. The number of aliphatic carboxylic acids is 2. The largest absolute Gasteiger partial charge is 0.481 e. The molecule has 2 aromatic rings. The molecule has 8 nitrogen and oxygen atoms in total. The molecule has 2 rings (SSSR count). The SMILES string of the molecule is CC(N)Cc1ccccc1.CC(N)Cc1ccccc1.N[C@@H](CC(=O)O)C(=O)O.O. The van der Waals surface area contributed by atoms with Gasteiger partial charge in [-0.2, -0.15) is 0 Å². The Bertz CT molecular complexity index is 649. The monoisotopic (exact) mass is 421 g/mol. The molecule has 0 saturated carbocycles. The number of rotatable bonds is 7. The molecule has 2 unspecified atom stereocenters. The van der Waals surface area contributed by atoms with E-state index in [1.54, 1.807) is 0 Å². The van der Waals surface area contributed by atoms with Crippen molar-refractivity contribution in [2.24, 2.45) is 17.2 Å². The standard InChI is InChI=1S/2C9H13N.C4H7NO4.H2O/c2*1-8(10)7-9-5-3-2-4-6-9;5-2(4(8)9)1-3(6)7;/h2*2-6,8H,7,10H2,1H3;2H,1,5H2,(H,6,7)(H,8,9);1H2/t;;2-;/m..0./s1. The Kier molecular flexibility index (Phi) is 16.8. The van der Waals surface area contributed by atoms with Gasteiger partial charge in [-0.3, -0.25) is 9.59 Å². The zero-order valence-electron chi connectivity index (χ0n) is 17.6. The van der Waals surface area contributed by atoms with Crippen LogP contribution in [-0.4, -0.2) is 45.8 Å². The van der Waals surface area contributed by atoms with Crippen molar-refractivity contribution >= 4 is 11.9 Å². The molecule has 0 amide bonds. The van der Waals surface area contributed by atoms with E-state index in [0.717, 1.165) is 12.8 Å². The van der Waals surface area contributed by atoms with E-state index >= 15 is 0 Å². The molecule has 10 N–H and O–H groups in total. The quantitative estimate of drug-likeness (QED) is 0.444. The average Bonchev–Trinajstić information content (AvgIpc) is 2.63. The Morgan fingerprint density at radius 2 is 1.10 bits per heavy atom. The van der Waals surface area contributed by atoms with E-state index in [2.05, 4.69) is 24.3 Å². The highest BCUT2D eigenvalue weighted by molar-refractivity contribution is 5.80. The Morgan fingerprint density at radius 3 is 1.30 bits per heavy atom. The molecular weight excluding hydrogens is 386 g/mol. The van der Waals surface area contributed by atoms with Crippen LogP contribution < -0.4 is 17.2 Å². The number of hydrogen-bond donors (Lipinski definition) is 5. The van der Waals surface area contributed by atoms with E-state index in [1.807, 2.05) is 50.2 Å². The van der Waals surface area contributed by atoms with Crippen molar-refractivity contribution < 1.29 is 25.3 Å². The topological polar surface area (TPSA) is 184 Å². The van der Waals surface area contributed by atoms with E-state index in [4.69, 9.17) is 27.4 Å². The summed E-state index contributed by atoms with van der Waals surface area (Å²) in [6, 6.07) is 19.8. The second-order valence-corrected chi connectivity index (χ2v) is 6.88. The molecule has 2 aromatic carbocycles. The van der Waals surface area contributed by atoms with Crippen LogP contribution in [0.5, 0.6) is 0 Å². The lowest BCUT2D eigenvalue weighted by Gasteiger charge is -2.02. The second kappa shape index (κ2) is 17.1. The van der Waals surface area contributed by atoms with Crippen molar-refractivity contribution in [3.63, 3.8) is 0 Å². The lowest BCUT2D eigenvalue weighted by atomic mass is 10.1. The normalized spacial score (nSPS) is 12.4. The zero-order valence-corrected chi connectivity index (χ0v) is 17.6. The van der Waals surface area contributed by atoms with Gasteiger partial charge >= 0.3 is 11.9 Å². The fourth-order valence-corrected chi connectivity index (χ4v) is 2.25. The third-order valence-electron chi connectivity index (χ3n) is 3.51. The van der Waals surface area contributed by atoms with Crippen LogP contribution in [0.4, 0.5) is 0 Å². The molecule has 0 saturated heterocycles. The van der Waals surface area contributed by atoms with Gasteiger partial charge in [-0.15, -0.1) is 0 Å². The van der Waals surface area contributed by atoms with Gasteiger partial charge in [-0.25, -0.2) is 0 Å². The molecule has 0 aliphatic carbocycles. The molecule has 0 radical (unpaired) electrons. The number of carboxylic acids is 2. The van der Waals surface area contributed by atoms with Gasteiger partial charge in [0.2, 0.25) is 0 Å². The molecule has 30 heavy (non-hydrogen) atoms. The molecular formula is C22H35N3O5. The summed E-state index contributed by atoms with van der Waals surface area (Å²) in [6.45, 7) is 4.04. The molecule has 0 aliphatic heterocycles. The summed E-state index contributed by atoms with van der Waals surface area (Å²) in [5.41, 5.74) is 18.7. The summed E-state index contributed by atoms with van der Waals surface area (Å²) in [6.07, 6.45) is 1.41. The molecule has 0 bridgehead atoms. The van der Waals surface area contributed by atoms with Crippen LogP contribution >= 0.6 is 0 Å². The van der Waals surface area contributed by atoms with Crippen LogP contribution in [0.3, 0.4) is 0 Å². The van der Waals surface area contributed by atoms with Crippen molar-refractivity contribution in [1.29, 1.82) is 0 Å². The minimum absolute atomic E-state index is 0. The maximum atomic E-state index is 9.85. The smallest absolute Gasteiger partial charge is 0.321 e. The lowest BCUT2D eigenvalue weighted by Crippen LogP contribution is -2.32. The number of benzene rings is 2. The zero-order chi connectivity index (χ0) is 22.2. The van der Waals surface area contributed by atoms with Crippen molar-refractivity contribution in [2.75, 3.05) is 0 Å². The summed E-state index contributed by atoms with van der Waals surface area (Å²) in [5, 5.41) is 16.0. The third-order valence-corrected chi connectivity index (χ3v) is 3.51. The molecule has 8 heteroatoms. The lowest BCUT2D eigenvalue weighted by molar-refractivity contribution is -0.144. The van der Waals surface area contributed by atoms with Crippen LogP contribution in [0.2, 0.25) is 0 Å². The first-order chi connectivity index (χ1) is 13.6. The van der Waals surface area contributed by atoms with Crippen molar-refractivity contribution in [1.82, 2.24) is 0 Å². The minimum atomic E-state index is -1.29. The van der Waals surface area contributed by atoms with Gasteiger partial charge in [-0.1, -0.05) is 60.7 Å². The van der Waals surface area contributed by atoms with Gasteiger partial charge in [0.15, 0.2) is 0 Å². The fourth-order valence-electron chi connectivity index (χ4n) is 2.25. The van der Waals surface area contributed by atoms with Gasteiger partial charge in [0.25, 0.3) is 0 Å². The Labute approximate surface area is 178 Å². The van der Waals surface area contributed by atoms with E-state index in [-0.39, 0.29) is 17.6 Å².